The number of likely N-dealkylation sites (tertiary alicyclic amines) is 1. The molecular weight excluding hydrogens is 437 g/mol. The second-order valence-electron chi connectivity index (χ2n) is 8.84. The zero-order valence-electron chi connectivity index (χ0n) is 17.8. The molecule has 3 heterocycles. The SMILES string of the molecule is Cn1c(SCCCN2CC[C@]3(C[C@@H]3c3ccc(C(F)(F)F)cc3)C2)nnc1-c1ccoc1. The summed E-state index contributed by atoms with van der Waals surface area (Å²) >= 11 is 1.70. The quantitative estimate of drug-likeness (QED) is 0.345. The molecule has 5 rings (SSSR count). The van der Waals surface area contributed by atoms with Crippen LogP contribution in [0.25, 0.3) is 11.4 Å². The van der Waals surface area contributed by atoms with Crippen molar-refractivity contribution in [3.8, 4) is 11.4 Å². The lowest BCUT2D eigenvalue weighted by molar-refractivity contribution is -0.137. The van der Waals surface area contributed by atoms with E-state index in [-0.39, 0.29) is 5.41 Å². The Morgan fingerprint density at radius 3 is 2.72 bits per heavy atom. The zero-order valence-corrected chi connectivity index (χ0v) is 18.6. The van der Waals surface area contributed by atoms with Gasteiger partial charge in [-0.25, -0.2) is 0 Å². The van der Waals surface area contributed by atoms with Crippen LogP contribution in [0.5, 0.6) is 0 Å². The lowest BCUT2D eigenvalue weighted by atomic mass is 9.97. The highest BCUT2D eigenvalue weighted by Gasteiger charge is 2.57. The van der Waals surface area contributed by atoms with E-state index in [1.807, 2.05) is 17.7 Å². The van der Waals surface area contributed by atoms with E-state index >= 15 is 0 Å². The average molecular weight is 463 g/mol. The van der Waals surface area contributed by atoms with Crippen LogP contribution in [-0.4, -0.2) is 45.1 Å². The lowest BCUT2D eigenvalue weighted by Crippen LogP contribution is -2.23. The normalized spacial score (nSPS) is 23.3. The molecule has 170 valence electrons. The maximum Gasteiger partial charge on any atom is 0.416 e. The van der Waals surface area contributed by atoms with E-state index in [1.54, 1.807) is 36.4 Å². The number of benzene rings is 1. The summed E-state index contributed by atoms with van der Waals surface area (Å²) in [5.41, 5.74) is 1.66. The van der Waals surface area contributed by atoms with Crippen LogP contribution in [0, 0.1) is 5.41 Å². The van der Waals surface area contributed by atoms with Gasteiger partial charge in [-0.15, -0.1) is 10.2 Å². The Morgan fingerprint density at radius 1 is 1.19 bits per heavy atom. The van der Waals surface area contributed by atoms with E-state index in [2.05, 4.69) is 15.1 Å². The van der Waals surface area contributed by atoms with Crippen molar-refractivity contribution in [1.29, 1.82) is 0 Å². The minimum atomic E-state index is -4.27. The van der Waals surface area contributed by atoms with Crippen molar-refractivity contribution in [2.24, 2.45) is 12.5 Å². The Balaban J connectivity index is 1.08. The number of nitrogens with zero attached hydrogens (tertiary/aromatic N) is 4. The predicted octanol–water partition coefficient (Wildman–Crippen LogP) is 5.46. The van der Waals surface area contributed by atoms with Gasteiger partial charge >= 0.3 is 6.18 Å². The third kappa shape index (κ3) is 4.20. The number of thioether (sulfide) groups is 1. The van der Waals surface area contributed by atoms with Gasteiger partial charge in [-0.3, -0.25) is 0 Å². The van der Waals surface area contributed by atoms with Gasteiger partial charge in [0, 0.05) is 19.3 Å². The van der Waals surface area contributed by atoms with E-state index in [9.17, 15) is 13.2 Å². The number of rotatable bonds is 7. The van der Waals surface area contributed by atoms with Crippen LogP contribution >= 0.6 is 11.8 Å². The van der Waals surface area contributed by atoms with Gasteiger partial charge in [0.1, 0.15) is 6.26 Å². The summed E-state index contributed by atoms with van der Waals surface area (Å²) in [7, 11) is 1.96. The molecule has 2 fully saturated rings. The van der Waals surface area contributed by atoms with Crippen LogP contribution in [0.2, 0.25) is 0 Å². The number of hydrogen-bond acceptors (Lipinski definition) is 5. The number of aromatic nitrogens is 3. The number of hydrogen-bond donors (Lipinski definition) is 0. The van der Waals surface area contributed by atoms with Crippen LogP contribution in [0.4, 0.5) is 13.2 Å². The molecule has 3 aromatic rings. The molecule has 2 aliphatic rings. The standard InChI is InChI=1S/C23H25F3N4OS/c1-29-20(17-7-11-31-14-17)27-28-21(29)32-12-2-9-30-10-8-22(15-30)13-19(22)16-3-5-18(6-4-16)23(24,25)26/h3-7,11,14,19H,2,8-10,12-13,15H2,1H3/t19-,22+/m1/s1. The highest BCUT2D eigenvalue weighted by atomic mass is 32.2. The molecule has 2 aromatic heterocycles. The summed E-state index contributed by atoms with van der Waals surface area (Å²) in [5, 5.41) is 9.44. The summed E-state index contributed by atoms with van der Waals surface area (Å²) in [4.78, 5) is 2.50. The van der Waals surface area contributed by atoms with Crippen molar-refractivity contribution in [3.63, 3.8) is 0 Å². The fourth-order valence-corrected chi connectivity index (χ4v) is 5.72. The smallest absolute Gasteiger partial charge is 0.416 e. The summed E-state index contributed by atoms with van der Waals surface area (Å²) in [5.74, 6) is 2.15. The highest BCUT2D eigenvalue weighted by molar-refractivity contribution is 7.99. The molecular formula is C23H25F3N4OS. The van der Waals surface area contributed by atoms with Crippen molar-refractivity contribution in [2.45, 2.75) is 36.5 Å². The molecule has 2 atom stereocenters. The highest BCUT2D eigenvalue weighted by Crippen LogP contribution is 2.64. The van der Waals surface area contributed by atoms with E-state index in [0.29, 0.717) is 5.92 Å². The fourth-order valence-electron chi connectivity index (χ4n) is 4.88. The molecule has 32 heavy (non-hydrogen) atoms. The molecule has 0 bridgehead atoms. The third-order valence-corrected chi connectivity index (χ3v) is 7.87. The number of furan rings is 1. The van der Waals surface area contributed by atoms with Crippen LogP contribution in [0.1, 0.15) is 36.3 Å². The maximum absolute atomic E-state index is 12.8. The molecule has 1 aliphatic heterocycles. The van der Waals surface area contributed by atoms with Crippen LogP contribution in [0.15, 0.2) is 52.4 Å². The summed E-state index contributed by atoms with van der Waals surface area (Å²) < 4.78 is 45.5. The van der Waals surface area contributed by atoms with Gasteiger partial charge in [0.2, 0.25) is 0 Å². The van der Waals surface area contributed by atoms with E-state index in [0.717, 1.165) is 66.8 Å². The first kappa shape index (κ1) is 21.6. The average Bonchev–Trinajstić information content (AvgIpc) is 3.16. The molecule has 0 unspecified atom stereocenters. The maximum atomic E-state index is 12.8. The summed E-state index contributed by atoms with van der Waals surface area (Å²) in [6, 6.07) is 7.64. The second kappa shape index (κ2) is 8.26. The van der Waals surface area contributed by atoms with Gasteiger partial charge in [0.05, 0.1) is 17.4 Å². The lowest BCUT2D eigenvalue weighted by Gasteiger charge is -2.16. The van der Waals surface area contributed by atoms with Gasteiger partial charge < -0.3 is 13.9 Å². The Kier molecular flexibility index (Phi) is 5.57. The molecule has 0 amide bonds. The Bertz CT molecular complexity index is 1060. The second-order valence-corrected chi connectivity index (χ2v) is 9.91. The molecule has 0 radical (unpaired) electrons. The largest absolute Gasteiger partial charge is 0.472 e. The van der Waals surface area contributed by atoms with Crippen molar-refractivity contribution in [2.75, 3.05) is 25.4 Å². The van der Waals surface area contributed by atoms with Gasteiger partial charge in [0.15, 0.2) is 11.0 Å². The first-order valence-electron chi connectivity index (χ1n) is 10.8. The fraction of sp³-hybridized carbons (Fsp3) is 0.478. The van der Waals surface area contributed by atoms with Gasteiger partial charge in [0.25, 0.3) is 0 Å². The van der Waals surface area contributed by atoms with Gasteiger partial charge in [-0.1, -0.05) is 23.9 Å². The predicted molar refractivity (Wildman–Crippen MR) is 116 cm³/mol. The Hall–Kier alpha value is -2.26. The Morgan fingerprint density at radius 2 is 2.00 bits per heavy atom. The van der Waals surface area contributed by atoms with Crippen LogP contribution < -0.4 is 0 Å². The Labute approximate surface area is 189 Å². The molecule has 5 nitrogen and oxygen atoms in total. The van der Waals surface area contributed by atoms with Crippen molar-refractivity contribution in [3.05, 3.63) is 54.0 Å². The third-order valence-electron chi connectivity index (χ3n) is 6.76. The first-order chi connectivity index (χ1) is 15.4. The molecule has 1 saturated heterocycles. The van der Waals surface area contributed by atoms with Crippen molar-refractivity contribution in [1.82, 2.24) is 19.7 Å². The minimum Gasteiger partial charge on any atom is -0.472 e. The topological polar surface area (TPSA) is 47.1 Å². The molecule has 1 saturated carbocycles. The van der Waals surface area contributed by atoms with Gasteiger partial charge in [-0.2, -0.15) is 13.2 Å². The van der Waals surface area contributed by atoms with Gasteiger partial charge in [-0.05, 0) is 67.4 Å². The van der Waals surface area contributed by atoms with E-state index in [1.165, 1.54) is 12.1 Å². The first-order valence-corrected chi connectivity index (χ1v) is 11.8. The van der Waals surface area contributed by atoms with Crippen LogP contribution in [-0.2, 0) is 13.2 Å². The van der Waals surface area contributed by atoms with Crippen LogP contribution in [0.3, 0.4) is 0 Å². The van der Waals surface area contributed by atoms with E-state index < -0.39 is 11.7 Å². The molecule has 0 N–H and O–H groups in total. The molecule has 9 heteroatoms. The summed E-state index contributed by atoms with van der Waals surface area (Å²) in [6.45, 7) is 3.13. The molecule has 1 aliphatic carbocycles. The summed E-state index contributed by atoms with van der Waals surface area (Å²) in [6.07, 6.45) is 2.29. The number of alkyl halides is 3. The zero-order chi connectivity index (χ0) is 22.3. The minimum absolute atomic E-state index is 0.260. The van der Waals surface area contributed by atoms with Crippen molar-refractivity contribution >= 4 is 11.8 Å². The van der Waals surface area contributed by atoms with E-state index in [4.69, 9.17) is 4.42 Å². The monoisotopic (exact) mass is 462 g/mol. The molecule has 1 aromatic carbocycles. The van der Waals surface area contributed by atoms with Crippen molar-refractivity contribution < 1.29 is 17.6 Å². The molecule has 1 spiro atoms. The number of halogens is 3.